The molecule has 21 heavy (non-hydrogen) atoms. The number of nitrogens with zero attached hydrogens (tertiary/aromatic N) is 2. The van der Waals surface area contributed by atoms with Crippen molar-refractivity contribution in [1.82, 2.24) is 10.2 Å². The normalized spacial score (nSPS) is 10.7. The molecule has 1 N–H and O–H groups in total. The average Bonchev–Trinajstić information content (AvgIpc) is 2.49. The molecule has 110 valence electrons. The third kappa shape index (κ3) is 4.77. The fraction of sp³-hybridized carbons (Fsp3) is 0.312. The summed E-state index contributed by atoms with van der Waals surface area (Å²) in [5.41, 5.74) is 1.18. The lowest BCUT2D eigenvalue weighted by atomic mass is 10.1. The van der Waals surface area contributed by atoms with Crippen LogP contribution in [0.2, 0.25) is 0 Å². The lowest BCUT2D eigenvalue weighted by Gasteiger charge is -2.10. The van der Waals surface area contributed by atoms with Crippen LogP contribution in [0, 0.1) is 11.3 Å². The molecule has 0 aliphatic rings. The van der Waals surface area contributed by atoms with Crippen LogP contribution in [0.1, 0.15) is 29.3 Å². The zero-order valence-electron chi connectivity index (χ0n) is 12.5. The quantitative estimate of drug-likeness (QED) is 0.662. The Kier molecular flexibility index (Phi) is 6.15. The largest absolute Gasteiger partial charge is 0.351 e. The van der Waals surface area contributed by atoms with Crippen molar-refractivity contribution < 1.29 is 9.59 Å². The van der Waals surface area contributed by atoms with E-state index in [0.29, 0.717) is 17.7 Å². The summed E-state index contributed by atoms with van der Waals surface area (Å²) in [6.45, 7) is 2.46. The summed E-state index contributed by atoms with van der Waals surface area (Å²) in [6.07, 6.45) is 2.29. The monoisotopic (exact) mass is 285 g/mol. The minimum atomic E-state index is -0.399. The highest BCUT2D eigenvalue weighted by Gasteiger charge is 2.10. The van der Waals surface area contributed by atoms with Crippen LogP contribution in [-0.4, -0.2) is 37.4 Å². The first kappa shape index (κ1) is 16.4. The highest BCUT2D eigenvalue weighted by Crippen LogP contribution is 2.11. The molecule has 0 bridgehead atoms. The van der Waals surface area contributed by atoms with Gasteiger partial charge in [-0.3, -0.25) is 9.59 Å². The van der Waals surface area contributed by atoms with Crippen LogP contribution in [0.4, 0.5) is 0 Å². The maximum absolute atomic E-state index is 11.9. The number of hydrogen-bond donors (Lipinski definition) is 1. The van der Waals surface area contributed by atoms with E-state index in [4.69, 9.17) is 5.26 Å². The average molecular weight is 285 g/mol. The van der Waals surface area contributed by atoms with Crippen molar-refractivity contribution in [3.8, 4) is 6.07 Å². The van der Waals surface area contributed by atoms with Gasteiger partial charge in [-0.15, -0.1) is 0 Å². The topological polar surface area (TPSA) is 73.2 Å². The van der Waals surface area contributed by atoms with E-state index in [1.165, 1.54) is 11.0 Å². The lowest BCUT2D eigenvalue weighted by molar-refractivity contribution is -0.117. The van der Waals surface area contributed by atoms with Crippen LogP contribution >= 0.6 is 0 Å². The van der Waals surface area contributed by atoms with Crippen molar-refractivity contribution in [1.29, 1.82) is 5.26 Å². The molecule has 0 aromatic heterocycles. The van der Waals surface area contributed by atoms with Gasteiger partial charge in [0.25, 0.3) is 11.8 Å². The number of nitriles is 1. The van der Waals surface area contributed by atoms with E-state index >= 15 is 0 Å². The molecular weight excluding hydrogens is 266 g/mol. The first-order valence-electron chi connectivity index (χ1n) is 6.71. The van der Waals surface area contributed by atoms with Gasteiger partial charge in [-0.2, -0.15) is 5.26 Å². The summed E-state index contributed by atoms with van der Waals surface area (Å²) in [6, 6.07) is 8.71. The smallest absolute Gasteiger partial charge is 0.261 e. The number of amides is 2. The van der Waals surface area contributed by atoms with Crippen molar-refractivity contribution in [2.45, 2.75) is 13.3 Å². The maximum atomic E-state index is 11.9. The molecule has 5 heteroatoms. The van der Waals surface area contributed by atoms with Gasteiger partial charge in [0.1, 0.15) is 11.6 Å². The Morgan fingerprint density at radius 3 is 2.67 bits per heavy atom. The molecule has 0 saturated carbocycles. The third-order valence-corrected chi connectivity index (χ3v) is 2.75. The van der Waals surface area contributed by atoms with Crippen LogP contribution in [0.3, 0.4) is 0 Å². The fourth-order valence-corrected chi connectivity index (χ4v) is 1.67. The van der Waals surface area contributed by atoms with Crippen molar-refractivity contribution >= 4 is 17.9 Å². The molecule has 5 nitrogen and oxygen atoms in total. The molecule has 1 rings (SSSR count). The van der Waals surface area contributed by atoms with E-state index in [0.717, 1.165) is 6.42 Å². The Bertz CT molecular complexity index is 598. The predicted octanol–water partition coefficient (Wildman–Crippen LogP) is 1.82. The lowest BCUT2D eigenvalue weighted by Crippen LogP contribution is -2.25. The molecule has 2 amide bonds. The van der Waals surface area contributed by atoms with Gasteiger partial charge in [-0.05, 0) is 30.2 Å². The van der Waals surface area contributed by atoms with Crippen LogP contribution in [0.5, 0.6) is 0 Å². The van der Waals surface area contributed by atoms with Gasteiger partial charge in [0, 0.05) is 26.2 Å². The third-order valence-electron chi connectivity index (χ3n) is 2.75. The van der Waals surface area contributed by atoms with Crippen LogP contribution in [0.15, 0.2) is 29.8 Å². The standard InChI is InChI=1S/C16H19N3O2/c1-4-8-18-15(20)14(11-17)10-12-6-5-7-13(9-12)16(21)19(2)3/h5-7,9-10H,4,8H2,1-3H3,(H,18,20)/b14-10+. The highest BCUT2D eigenvalue weighted by atomic mass is 16.2. The predicted molar refractivity (Wildman–Crippen MR) is 81.4 cm³/mol. The summed E-state index contributed by atoms with van der Waals surface area (Å²) in [5.74, 6) is -0.525. The van der Waals surface area contributed by atoms with Crippen molar-refractivity contribution in [3.63, 3.8) is 0 Å². The Morgan fingerprint density at radius 2 is 2.10 bits per heavy atom. The molecular formula is C16H19N3O2. The molecule has 0 radical (unpaired) electrons. The minimum absolute atomic E-state index is 0.0258. The zero-order chi connectivity index (χ0) is 15.8. The van der Waals surface area contributed by atoms with Crippen LogP contribution in [0.25, 0.3) is 6.08 Å². The zero-order valence-corrected chi connectivity index (χ0v) is 12.5. The van der Waals surface area contributed by atoms with E-state index in [-0.39, 0.29) is 11.5 Å². The molecule has 0 fully saturated rings. The van der Waals surface area contributed by atoms with Gasteiger partial charge in [-0.25, -0.2) is 0 Å². The number of hydrogen-bond acceptors (Lipinski definition) is 3. The number of benzene rings is 1. The van der Waals surface area contributed by atoms with Gasteiger partial charge >= 0.3 is 0 Å². The van der Waals surface area contributed by atoms with E-state index in [2.05, 4.69) is 5.32 Å². The summed E-state index contributed by atoms with van der Waals surface area (Å²) in [5, 5.41) is 11.7. The molecule has 0 aliphatic carbocycles. The SMILES string of the molecule is CCCNC(=O)/C(C#N)=C/c1cccc(C(=O)N(C)C)c1. The van der Waals surface area contributed by atoms with Crippen LogP contribution < -0.4 is 5.32 Å². The van der Waals surface area contributed by atoms with Crippen molar-refractivity contribution in [2.75, 3.05) is 20.6 Å². The number of nitrogens with one attached hydrogen (secondary N) is 1. The number of carbonyl (C=O) groups excluding carboxylic acids is 2. The fourth-order valence-electron chi connectivity index (χ4n) is 1.67. The minimum Gasteiger partial charge on any atom is -0.351 e. The summed E-state index contributed by atoms with van der Waals surface area (Å²) >= 11 is 0. The van der Waals surface area contributed by atoms with E-state index in [1.807, 2.05) is 13.0 Å². The molecule has 0 unspecified atom stereocenters. The second kappa shape index (κ2) is 7.85. The highest BCUT2D eigenvalue weighted by molar-refractivity contribution is 6.02. The molecule has 1 aromatic rings. The number of carbonyl (C=O) groups is 2. The molecule has 0 saturated heterocycles. The van der Waals surface area contributed by atoms with E-state index in [1.54, 1.807) is 38.4 Å². The first-order valence-corrected chi connectivity index (χ1v) is 6.71. The van der Waals surface area contributed by atoms with E-state index < -0.39 is 5.91 Å². The van der Waals surface area contributed by atoms with Crippen LogP contribution in [-0.2, 0) is 4.79 Å². The summed E-state index contributed by atoms with van der Waals surface area (Å²) in [4.78, 5) is 25.1. The Morgan fingerprint density at radius 1 is 1.38 bits per heavy atom. The van der Waals surface area contributed by atoms with Gasteiger partial charge in [-0.1, -0.05) is 19.1 Å². The molecule has 0 atom stereocenters. The molecule has 1 aromatic carbocycles. The summed E-state index contributed by atoms with van der Waals surface area (Å²) in [7, 11) is 3.34. The molecule has 0 heterocycles. The number of rotatable bonds is 5. The van der Waals surface area contributed by atoms with Crippen molar-refractivity contribution in [3.05, 3.63) is 41.0 Å². The van der Waals surface area contributed by atoms with Crippen molar-refractivity contribution in [2.24, 2.45) is 0 Å². The Hall–Kier alpha value is -2.61. The Balaban J connectivity index is 3.02. The molecule has 0 aliphatic heterocycles. The summed E-state index contributed by atoms with van der Waals surface area (Å²) < 4.78 is 0. The maximum Gasteiger partial charge on any atom is 0.261 e. The first-order chi connectivity index (χ1) is 9.99. The van der Waals surface area contributed by atoms with E-state index in [9.17, 15) is 9.59 Å². The molecule has 0 spiro atoms. The Labute approximate surface area is 124 Å². The van der Waals surface area contributed by atoms with Gasteiger partial charge in [0.05, 0.1) is 0 Å². The second-order valence-corrected chi connectivity index (χ2v) is 4.75. The van der Waals surface area contributed by atoms with Gasteiger partial charge in [0.15, 0.2) is 0 Å². The van der Waals surface area contributed by atoms with Gasteiger partial charge < -0.3 is 10.2 Å². The van der Waals surface area contributed by atoms with Gasteiger partial charge in [0.2, 0.25) is 0 Å². The second-order valence-electron chi connectivity index (χ2n) is 4.75.